The molecule has 2 heteroatoms. The molecule has 0 saturated carbocycles. The fourth-order valence-corrected chi connectivity index (χ4v) is 1.29. The molecule has 0 radical (unpaired) electrons. The van der Waals surface area contributed by atoms with Gasteiger partial charge < -0.3 is 9.84 Å². The Kier molecular flexibility index (Phi) is 3.29. The molecule has 78 valence electrons. The Morgan fingerprint density at radius 1 is 1.29 bits per heavy atom. The van der Waals surface area contributed by atoms with Gasteiger partial charge in [0.15, 0.2) is 6.29 Å². The van der Waals surface area contributed by atoms with Crippen molar-refractivity contribution >= 4 is 0 Å². The lowest BCUT2D eigenvalue weighted by atomic mass is 9.86. The second kappa shape index (κ2) is 4.11. The molecule has 0 bridgehead atoms. The maximum Gasteiger partial charge on any atom is 0.180 e. The molecule has 0 aliphatic rings. The van der Waals surface area contributed by atoms with Crippen LogP contribution in [0.2, 0.25) is 0 Å². The summed E-state index contributed by atoms with van der Waals surface area (Å²) in [5.41, 5.74) is 2.11. The summed E-state index contributed by atoms with van der Waals surface area (Å²) >= 11 is 0. The van der Waals surface area contributed by atoms with E-state index in [0.717, 1.165) is 5.56 Å². The molecule has 1 rings (SSSR count). The zero-order valence-corrected chi connectivity index (χ0v) is 9.24. The molecule has 14 heavy (non-hydrogen) atoms. The summed E-state index contributed by atoms with van der Waals surface area (Å²) in [5.74, 6) is 0. The number of hydrogen-bond donors (Lipinski definition) is 1. The van der Waals surface area contributed by atoms with Crippen molar-refractivity contribution in [2.75, 3.05) is 7.11 Å². The number of rotatable bonds is 2. The minimum Gasteiger partial charge on any atom is -0.364 e. The fraction of sp³-hybridized carbons (Fsp3) is 0.500. The van der Waals surface area contributed by atoms with Gasteiger partial charge in [0.25, 0.3) is 0 Å². The molecule has 0 heterocycles. The Bertz CT molecular complexity index is 299. The van der Waals surface area contributed by atoms with Crippen molar-refractivity contribution in [3.63, 3.8) is 0 Å². The maximum absolute atomic E-state index is 9.50. The number of aliphatic hydroxyl groups is 1. The summed E-state index contributed by atoms with van der Waals surface area (Å²) in [6, 6.07) is 7.85. The van der Waals surface area contributed by atoms with Crippen LogP contribution in [0.4, 0.5) is 0 Å². The topological polar surface area (TPSA) is 29.5 Å². The van der Waals surface area contributed by atoms with Crippen LogP contribution in [0.5, 0.6) is 0 Å². The summed E-state index contributed by atoms with van der Waals surface area (Å²) in [7, 11) is 1.49. The number of methoxy groups -OCH3 is 1. The van der Waals surface area contributed by atoms with Gasteiger partial charge in [-0.05, 0) is 11.0 Å². The molecule has 0 saturated heterocycles. The number of hydrogen-bond acceptors (Lipinski definition) is 2. The highest BCUT2D eigenvalue weighted by molar-refractivity contribution is 5.29. The van der Waals surface area contributed by atoms with Crippen molar-refractivity contribution in [3.05, 3.63) is 35.4 Å². The lowest BCUT2D eigenvalue weighted by molar-refractivity contribution is -0.0770. The highest BCUT2D eigenvalue weighted by atomic mass is 16.6. The van der Waals surface area contributed by atoms with Gasteiger partial charge in [-0.1, -0.05) is 45.0 Å². The van der Waals surface area contributed by atoms with Crippen molar-refractivity contribution in [2.24, 2.45) is 0 Å². The van der Waals surface area contributed by atoms with E-state index in [-0.39, 0.29) is 5.41 Å². The highest BCUT2D eigenvalue weighted by Crippen LogP contribution is 2.25. The molecule has 1 aromatic rings. The zero-order chi connectivity index (χ0) is 10.8. The quantitative estimate of drug-likeness (QED) is 0.733. The van der Waals surface area contributed by atoms with E-state index in [4.69, 9.17) is 4.74 Å². The molecule has 1 N–H and O–H groups in total. The van der Waals surface area contributed by atoms with Gasteiger partial charge in [-0.3, -0.25) is 0 Å². The van der Waals surface area contributed by atoms with E-state index in [1.807, 2.05) is 18.2 Å². The molecule has 1 atom stereocenters. The standard InChI is InChI=1S/C12H18O2/c1-12(2,3)10-7-5-6-9(8-10)11(13)14-4/h5-8,11,13H,1-4H3. The summed E-state index contributed by atoms with van der Waals surface area (Å²) in [6.07, 6.45) is -0.822. The Balaban J connectivity index is 3.01. The molecule has 0 aliphatic carbocycles. The monoisotopic (exact) mass is 194 g/mol. The van der Waals surface area contributed by atoms with Crippen LogP contribution in [0, 0.1) is 0 Å². The Morgan fingerprint density at radius 2 is 1.93 bits per heavy atom. The average molecular weight is 194 g/mol. The lowest BCUT2D eigenvalue weighted by Crippen LogP contribution is -2.12. The van der Waals surface area contributed by atoms with Crippen LogP contribution >= 0.6 is 0 Å². The van der Waals surface area contributed by atoms with Crippen LogP contribution in [0.25, 0.3) is 0 Å². The van der Waals surface area contributed by atoms with Gasteiger partial charge in [-0.25, -0.2) is 0 Å². The predicted octanol–water partition coefficient (Wildman–Crippen LogP) is 2.62. The fourth-order valence-electron chi connectivity index (χ4n) is 1.29. The van der Waals surface area contributed by atoms with E-state index >= 15 is 0 Å². The average Bonchev–Trinajstić information content (AvgIpc) is 2.15. The van der Waals surface area contributed by atoms with E-state index in [2.05, 4.69) is 26.8 Å². The van der Waals surface area contributed by atoms with Gasteiger partial charge >= 0.3 is 0 Å². The molecular weight excluding hydrogens is 176 g/mol. The van der Waals surface area contributed by atoms with E-state index in [0.29, 0.717) is 0 Å². The molecule has 0 amide bonds. The summed E-state index contributed by atoms with van der Waals surface area (Å²) in [6.45, 7) is 6.43. The number of aliphatic hydroxyl groups excluding tert-OH is 1. The van der Waals surface area contributed by atoms with Gasteiger partial charge in [0, 0.05) is 12.7 Å². The van der Waals surface area contributed by atoms with Crippen LogP contribution in [0.1, 0.15) is 38.2 Å². The van der Waals surface area contributed by atoms with Crippen LogP contribution in [-0.2, 0) is 10.2 Å². The lowest BCUT2D eigenvalue weighted by Gasteiger charge is -2.20. The van der Waals surface area contributed by atoms with Crippen LogP contribution in [0.3, 0.4) is 0 Å². The minimum absolute atomic E-state index is 0.101. The summed E-state index contributed by atoms with van der Waals surface area (Å²) in [5, 5.41) is 9.50. The molecule has 0 fully saturated rings. The third-order valence-corrected chi connectivity index (χ3v) is 2.26. The first-order valence-electron chi connectivity index (χ1n) is 4.76. The molecule has 2 nitrogen and oxygen atoms in total. The second-order valence-corrected chi connectivity index (χ2v) is 4.46. The van der Waals surface area contributed by atoms with E-state index in [9.17, 15) is 5.11 Å². The van der Waals surface area contributed by atoms with Gasteiger partial charge in [0.05, 0.1) is 0 Å². The van der Waals surface area contributed by atoms with Gasteiger partial charge in [-0.15, -0.1) is 0 Å². The Hall–Kier alpha value is -0.860. The minimum atomic E-state index is -0.822. The largest absolute Gasteiger partial charge is 0.364 e. The van der Waals surface area contributed by atoms with Crippen molar-refractivity contribution in [2.45, 2.75) is 32.5 Å². The third-order valence-electron chi connectivity index (χ3n) is 2.26. The van der Waals surface area contributed by atoms with Crippen molar-refractivity contribution < 1.29 is 9.84 Å². The van der Waals surface area contributed by atoms with Gasteiger partial charge in [-0.2, -0.15) is 0 Å². The van der Waals surface area contributed by atoms with Crippen LogP contribution in [0.15, 0.2) is 24.3 Å². The van der Waals surface area contributed by atoms with E-state index in [1.165, 1.54) is 12.7 Å². The molecule has 0 aliphatic heterocycles. The normalized spacial score (nSPS) is 14.1. The van der Waals surface area contributed by atoms with Gasteiger partial charge in [0.1, 0.15) is 0 Å². The second-order valence-electron chi connectivity index (χ2n) is 4.46. The molecule has 0 spiro atoms. The van der Waals surface area contributed by atoms with Gasteiger partial charge in [0.2, 0.25) is 0 Å². The summed E-state index contributed by atoms with van der Waals surface area (Å²) < 4.78 is 4.86. The van der Waals surface area contributed by atoms with Crippen LogP contribution in [-0.4, -0.2) is 12.2 Å². The van der Waals surface area contributed by atoms with E-state index in [1.54, 1.807) is 0 Å². The molecule has 1 aromatic carbocycles. The maximum atomic E-state index is 9.50. The highest BCUT2D eigenvalue weighted by Gasteiger charge is 2.15. The molecule has 1 unspecified atom stereocenters. The molecule has 0 aromatic heterocycles. The van der Waals surface area contributed by atoms with Crippen molar-refractivity contribution in [3.8, 4) is 0 Å². The number of ether oxygens (including phenoxy) is 1. The first-order chi connectivity index (χ1) is 6.45. The van der Waals surface area contributed by atoms with E-state index < -0.39 is 6.29 Å². The van der Waals surface area contributed by atoms with Crippen LogP contribution < -0.4 is 0 Å². The Morgan fingerprint density at radius 3 is 2.43 bits per heavy atom. The SMILES string of the molecule is COC(O)c1cccc(C(C)(C)C)c1. The predicted molar refractivity (Wildman–Crippen MR) is 57.1 cm³/mol. The van der Waals surface area contributed by atoms with Crippen molar-refractivity contribution in [1.82, 2.24) is 0 Å². The first-order valence-corrected chi connectivity index (χ1v) is 4.76. The smallest absolute Gasteiger partial charge is 0.180 e. The zero-order valence-electron chi connectivity index (χ0n) is 9.24. The Labute approximate surface area is 85.5 Å². The number of benzene rings is 1. The third kappa shape index (κ3) is 2.56. The van der Waals surface area contributed by atoms with Crippen molar-refractivity contribution in [1.29, 1.82) is 0 Å². The first kappa shape index (κ1) is 11.2. The molecular formula is C12H18O2. The summed E-state index contributed by atoms with van der Waals surface area (Å²) in [4.78, 5) is 0.